The standard InChI is InChI=1S/C11H6ClF2NOS/c12-10-2-1-9(17-10)11(16)15-8-4-6(13)3-7(14)5-8/h1-5H,(H,15,16). The normalized spacial score (nSPS) is 10.3. The van der Waals surface area contributed by atoms with Crippen LogP contribution in [0.2, 0.25) is 4.34 Å². The molecule has 1 N–H and O–H groups in total. The maximum Gasteiger partial charge on any atom is 0.265 e. The molecule has 0 bridgehead atoms. The summed E-state index contributed by atoms with van der Waals surface area (Å²) < 4.78 is 26.2. The summed E-state index contributed by atoms with van der Waals surface area (Å²) in [5, 5.41) is 2.39. The molecule has 0 saturated carbocycles. The number of thiophene rings is 1. The fraction of sp³-hybridized carbons (Fsp3) is 0. The van der Waals surface area contributed by atoms with E-state index in [1.807, 2.05) is 0 Å². The van der Waals surface area contributed by atoms with E-state index in [9.17, 15) is 13.6 Å². The molecule has 88 valence electrons. The third-order valence-corrected chi connectivity index (χ3v) is 3.15. The molecule has 0 aliphatic carbocycles. The van der Waals surface area contributed by atoms with Gasteiger partial charge in [-0.25, -0.2) is 8.78 Å². The van der Waals surface area contributed by atoms with E-state index in [1.165, 1.54) is 6.07 Å². The number of amides is 1. The van der Waals surface area contributed by atoms with Crippen molar-refractivity contribution in [1.29, 1.82) is 0 Å². The molecular formula is C11H6ClF2NOS. The highest BCUT2D eigenvalue weighted by atomic mass is 35.5. The largest absolute Gasteiger partial charge is 0.321 e. The predicted octanol–water partition coefficient (Wildman–Crippen LogP) is 3.93. The van der Waals surface area contributed by atoms with E-state index >= 15 is 0 Å². The topological polar surface area (TPSA) is 29.1 Å². The van der Waals surface area contributed by atoms with Gasteiger partial charge in [-0.3, -0.25) is 4.79 Å². The van der Waals surface area contributed by atoms with Crippen molar-refractivity contribution in [2.24, 2.45) is 0 Å². The van der Waals surface area contributed by atoms with Gasteiger partial charge in [0.15, 0.2) is 0 Å². The molecule has 0 spiro atoms. The molecule has 1 aromatic heterocycles. The van der Waals surface area contributed by atoms with Gasteiger partial charge in [0.25, 0.3) is 5.91 Å². The Kier molecular flexibility index (Phi) is 3.40. The van der Waals surface area contributed by atoms with Crippen molar-refractivity contribution in [1.82, 2.24) is 0 Å². The summed E-state index contributed by atoms with van der Waals surface area (Å²) in [7, 11) is 0. The van der Waals surface area contributed by atoms with Crippen LogP contribution < -0.4 is 5.32 Å². The highest BCUT2D eigenvalue weighted by Crippen LogP contribution is 2.22. The van der Waals surface area contributed by atoms with Gasteiger partial charge in [-0.05, 0) is 24.3 Å². The Labute approximate surface area is 105 Å². The summed E-state index contributed by atoms with van der Waals surface area (Å²) >= 11 is 6.77. The summed E-state index contributed by atoms with van der Waals surface area (Å²) in [4.78, 5) is 12.0. The third-order valence-electron chi connectivity index (χ3n) is 1.92. The van der Waals surface area contributed by atoms with Crippen LogP contribution in [0.1, 0.15) is 9.67 Å². The van der Waals surface area contributed by atoms with E-state index in [4.69, 9.17) is 11.6 Å². The molecule has 1 heterocycles. The summed E-state index contributed by atoms with van der Waals surface area (Å²) in [5.74, 6) is -1.94. The van der Waals surface area contributed by atoms with Crippen LogP contribution in [0.3, 0.4) is 0 Å². The number of anilines is 1. The Bertz CT molecular complexity index is 550. The zero-order valence-corrected chi connectivity index (χ0v) is 9.91. The Morgan fingerprint density at radius 2 is 1.82 bits per heavy atom. The van der Waals surface area contributed by atoms with Crippen LogP contribution in [0.15, 0.2) is 30.3 Å². The lowest BCUT2D eigenvalue weighted by Gasteiger charge is -2.03. The third kappa shape index (κ3) is 3.01. The zero-order chi connectivity index (χ0) is 12.4. The predicted molar refractivity (Wildman–Crippen MR) is 63.6 cm³/mol. The van der Waals surface area contributed by atoms with Crippen LogP contribution >= 0.6 is 22.9 Å². The Balaban J connectivity index is 2.18. The molecular weight excluding hydrogens is 268 g/mol. The molecule has 0 radical (unpaired) electrons. The quantitative estimate of drug-likeness (QED) is 0.882. The molecule has 0 saturated heterocycles. The molecule has 0 unspecified atom stereocenters. The number of halogens is 3. The summed E-state index contributed by atoms with van der Waals surface area (Å²) in [5.41, 5.74) is 0.0667. The first-order valence-corrected chi connectivity index (χ1v) is 5.77. The highest BCUT2D eigenvalue weighted by Gasteiger charge is 2.10. The lowest BCUT2D eigenvalue weighted by molar-refractivity contribution is 0.103. The first-order chi connectivity index (χ1) is 8.04. The van der Waals surface area contributed by atoms with Crippen molar-refractivity contribution in [3.63, 3.8) is 0 Å². The minimum absolute atomic E-state index is 0.0667. The number of hydrogen-bond acceptors (Lipinski definition) is 2. The van der Waals surface area contributed by atoms with E-state index in [-0.39, 0.29) is 5.69 Å². The van der Waals surface area contributed by atoms with Crippen molar-refractivity contribution in [2.75, 3.05) is 5.32 Å². The minimum atomic E-state index is -0.746. The van der Waals surface area contributed by atoms with Gasteiger partial charge in [-0.1, -0.05) is 11.6 Å². The average molecular weight is 274 g/mol. The Morgan fingerprint density at radius 1 is 1.18 bits per heavy atom. The van der Waals surface area contributed by atoms with Crippen LogP contribution in [-0.4, -0.2) is 5.91 Å². The summed E-state index contributed by atoms with van der Waals surface area (Å²) in [6.45, 7) is 0. The van der Waals surface area contributed by atoms with E-state index in [1.54, 1.807) is 6.07 Å². The number of hydrogen-bond donors (Lipinski definition) is 1. The van der Waals surface area contributed by atoms with Gasteiger partial charge in [0.2, 0.25) is 0 Å². The lowest BCUT2D eigenvalue weighted by Crippen LogP contribution is -2.10. The molecule has 2 rings (SSSR count). The summed E-state index contributed by atoms with van der Waals surface area (Å²) in [6, 6.07) is 5.93. The van der Waals surface area contributed by atoms with Gasteiger partial charge < -0.3 is 5.32 Å². The van der Waals surface area contributed by atoms with E-state index in [0.717, 1.165) is 29.5 Å². The SMILES string of the molecule is O=C(Nc1cc(F)cc(F)c1)c1ccc(Cl)s1. The molecule has 2 aromatic rings. The van der Waals surface area contributed by atoms with Gasteiger partial charge in [0.1, 0.15) is 11.6 Å². The summed E-state index contributed by atoms with van der Waals surface area (Å²) in [6.07, 6.45) is 0. The molecule has 0 aliphatic rings. The van der Waals surface area contributed by atoms with Crippen LogP contribution in [0.25, 0.3) is 0 Å². The smallest absolute Gasteiger partial charge is 0.265 e. The second kappa shape index (κ2) is 4.81. The maximum absolute atomic E-state index is 12.9. The molecule has 2 nitrogen and oxygen atoms in total. The lowest BCUT2D eigenvalue weighted by atomic mass is 10.3. The van der Waals surface area contributed by atoms with Crippen LogP contribution in [-0.2, 0) is 0 Å². The van der Waals surface area contributed by atoms with Gasteiger partial charge in [-0.15, -0.1) is 11.3 Å². The highest BCUT2D eigenvalue weighted by molar-refractivity contribution is 7.18. The number of nitrogens with one attached hydrogen (secondary N) is 1. The second-order valence-corrected chi connectivity index (χ2v) is 4.93. The monoisotopic (exact) mass is 273 g/mol. The fourth-order valence-corrected chi connectivity index (χ4v) is 2.19. The van der Waals surface area contributed by atoms with E-state index in [2.05, 4.69) is 5.32 Å². The molecule has 17 heavy (non-hydrogen) atoms. The van der Waals surface area contributed by atoms with Crippen LogP contribution in [0.4, 0.5) is 14.5 Å². The van der Waals surface area contributed by atoms with Gasteiger partial charge in [-0.2, -0.15) is 0 Å². The van der Waals surface area contributed by atoms with Gasteiger partial charge in [0.05, 0.1) is 9.21 Å². The molecule has 0 fully saturated rings. The minimum Gasteiger partial charge on any atom is -0.321 e. The van der Waals surface area contributed by atoms with Gasteiger partial charge >= 0.3 is 0 Å². The van der Waals surface area contributed by atoms with Gasteiger partial charge in [0, 0.05) is 11.8 Å². The van der Waals surface area contributed by atoms with Crippen molar-refractivity contribution >= 4 is 34.5 Å². The molecule has 0 atom stereocenters. The Hall–Kier alpha value is -1.46. The number of benzene rings is 1. The Morgan fingerprint density at radius 3 is 2.35 bits per heavy atom. The number of carbonyl (C=O) groups excluding carboxylic acids is 1. The average Bonchev–Trinajstić information content (AvgIpc) is 2.63. The van der Waals surface area contributed by atoms with Crippen molar-refractivity contribution in [3.8, 4) is 0 Å². The van der Waals surface area contributed by atoms with Crippen molar-refractivity contribution < 1.29 is 13.6 Å². The molecule has 0 aliphatic heterocycles. The van der Waals surface area contributed by atoms with Crippen molar-refractivity contribution in [3.05, 3.63) is 51.2 Å². The van der Waals surface area contributed by atoms with E-state index in [0.29, 0.717) is 9.21 Å². The first kappa shape index (κ1) is 12.0. The molecule has 6 heteroatoms. The van der Waals surface area contributed by atoms with E-state index < -0.39 is 17.5 Å². The maximum atomic E-state index is 12.9. The number of carbonyl (C=O) groups is 1. The van der Waals surface area contributed by atoms with Crippen molar-refractivity contribution in [2.45, 2.75) is 0 Å². The number of rotatable bonds is 2. The van der Waals surface area contributed by atoms with Crippen LogP contribution in [0.5, 0.6) is 0 Å². The molecule has 1 aromatic carbocycles. The first-order valence-electron chi connectivity index (χ1n) is 4.57. The molecule has 1 amide bonds. The van der Waals surface area contributed by atoms with Crippen LogP contribution in [0, 0.1) is 11.6 Å². The second-order valence-electron chi connectivity index (χ2n) is 3.22. The fourth-order valence-electron chi connectivity index (χ4n) is 1.26. The zero-order valence-electron chi connectivity index (χ0n) is 8.34.